The second-order valence-corrected chi connectivity index (χ2v) is 10.8. The van der Waals surface area contributed by atoms with E-state index in [0.717, 1.165) is 6.07 Å². The second kappa shape index (κ2) is 14.1. The van der Waals surface area contributed by atoms with Gasteiger partial charge >= 0.3 is 41.5 Å². The molecular formula is C17H19N2NaO12S3. The second-order valence-electron chi connectivity index (χ2n) is 6.52. The Hall–Kier alpha value is -1.73. The van der Waals surface area contributed by atoms with E-state index >= 15 is 0 Å². The van der Waals surface area contributed by atoms with Gasteiger partial charge in [0.2, 0.25) is 0 Å². The number of amides is 2. The number of ether oxygens (including phenoxy) is 1. The minimum absolute atomic E-state index is 0. The number of rotatable bonds is 12. The summed E-state index contributed by atoms with van der Waals surface area (Å²) in [5.74, 6) is -3.65. The maximum atomic E-state index is 11.9. The van der Waals surface area contributed by atoms with E-state index in [0.29, 0.717) is 0 Å². The third kappa shape index (κ3) is 9.34. The summed E-state index contributed by atoms with van der Waals surface area (Å²) >= 11 is 0. The molecule has 1 aliphatic rings. The van der Waals surface area contributed by atoms with Gasteiger partial charge in [0.15, 0.2) is 5.25 Å². The topological polar surface area (TPSA) is 208 Å². The Bertz CT molecular complexity index is 1100. The summed E-state index contributed by atoms with van der Waals surface area (Å²) in [6.07, 6.45) is -1.12. The fourth-order valence-electron chi connectivity index (χ4n) is 2.52. The van der Waals surface area contributed by atoms with Crippen molar-refractivity contribution < 1.29 is 51.8 Å². The molecule has 35 heavy (non-hydrogen) atoms. The predicted molar refractivity (Wildman–Crippen MR) is 124 cm³/mol. The van der Waals surface area contributed by atoms with E-state index in [1.165, 1.54) is 33.7 Å². The summed E-state index contributed by atoms with van der Waals surface area (Å²) in [7, 11) is -2.43. The standard InChI is InChI=1S/C17H18N2O12S3.Na.H/c20-9-10-1-2-11(7-12(10)19(25)26)30-15(22)3-5-32-33-6-4-16(23)31-18-14(21)8-13(17(18)24)34(27,28)29;;/h1-2,7,13,20H,3-6,8-9H2,(H,27,28,29);;. The van der Waals surface area contributed by atoms with Gasteiger partial charge in [0.05, 0.1) is 42.4 Å². The van der Waals surface area contributed by atoms with Crippen LogP contribution in [0.5, 0.6) is 5.75 Å². The molecule has 1 atom stereocenters. The number of carbonyl (C=O) groups excluding carboxylic acids is 4. The van der Waals surface area contributed by atoms with Crippen LogP contribution in [0.15, 0.2) is 18.2 Å². The van der Waals surface area contributed by atoms with Crippen LogP contribution in [0.1, 0.15) is 24.8 Å². The Morgan fingerprint density at radius 2 is 1.77 bits per heavy atom. The Morgan fingerprint density at radius 3 is 2.29 bits per heavy atom. The summed E-state index contributed by atoms with van der Waals surface area (Å²) in [6.45, 7) is -0.540. The number of nitrogens with zero attached hydrogens (tertiary/aromatic N) is 2. The summed E-state index contributed by atoms with van der Waals surface area (Å²) < 4.78 is 36.0. The number of nitro groups is 1. The number of benzene rings is 1. The van der Waals surface area contributed by atoms with Crippen LogP contribution in [0, 0.1) is 10.1 Å². The molecular weight excluding hydrogens is 543 g/mol. The summed E-state index contributed by atoms with van der Waals surface area (Å²) in [6, 6.07) is 3.62. The van der Waals surface area contributed by atoms with E-state index < -0.39 is 57.1 Å². The van der Waals surface area contributed by atoms with Gasteiger partial charge in [-0.2, -0.15) is 8.42 Å². The fourth-order valence-corrected chi connectivity index (χ4v) is 5.17. The molecule has 188 valence electrons. The normalized spacial score (nSPS) is 15.5. The Kier molecular flexibility index (Phi) is 12.6. The third-order valence-corrected chi connectivity index (χ3v) is 7.63. The molecule has 2 N–H and O–H groups in total. The zero-order valence-electron chi connectivity index (χ0n) is 17.1. The third-order valence-electron chi connectivity index (χ3n) is 4.13. The van der Waals surface area contributed by atoms with E-state index in [2.05, 4.69) is 4.84 Å². The van der Waals surface area contributed by atoms with Gasteiger partial charge in [-0.05, 0) is 12.1 Å². The summed E-state index contributed by atoms with van der Waals surface area (Å²) in [4.78, 5) is 61.9. The van der Waals surface area contributed by atoms with Crippen molar-refractivity contribution in [1.29, 1.82) is 0 Å². The predicted octanol–water partition coefficient (Wildman–Crippen LogP) is -0.0209. The molecule has 2 rings (SSSR count). The molecule has 18 heteroatoms. The first-order chi connectivity index (χ1) is 15.9. The maximum absolute atomic E-state index is 11.9. The van der Waals surface area contributed by atoms with Crippen LogP contribution in [-0.4, -0.2) is 98.1 Å². The molecule has 0 spiro atoms. The molecule has 1 fully saturated rings. The van der Waals surface area contributed by atoms with Gasteiger partial charge in [0.25, 0.3) is 27.6 Å². The number of hydroxylamine groups is 2. The Balaban J connectivity index is 0.00000612. The van der Waals surface area contributed by atoms with Gasteiger partial charge in [-0.1, -0.05) is 21.6 Å². The van der Waals surface area contributed by atoms with Crippen molar-refractivity contribution in [1.82, 2.24) is 5.06 Å². The Labute approximate surface area is 228 Å². The number of aliphatic hydroxyl groups excluding tert-OH is 1. The van der Waals surface area contributed by atoms with Crippen molar-refractivity contribution in [2.24, 2.45) is 0 Å². The SMILES string of the molecule is O=C(CCSSCCC(=O)ON1C(=O)CC(S(=O)(=O)O)C1=O)Oc1ccc(CO)c([N+](=O)[O-])c1.[NaH]. The number of imide groups is 1. The first-order valence-electron chi connectivity index (χ1n) is 9.31. The van der Waals surface area contributed by atoms with E-state index in [9.17, 15) is 37.7 Å². The zero-order valence-corrected chi connectivity index (χ0v) is 19.6. The minimum atomic E-state index is -4.81. The zero-order chi connectivity index (χ0) is 25.5. The number of aliphatic hydroxyl groups is 1. The van der Waals surface area contributed by atoms with Crippen molar-refractivity contribution in [2.45, 2.75) is 31.1 Å². The summed E-state index contributed by atoms with van der Waals surface area (Å²) in [5.41, 5.74) is -0.303. The van der Waals surface area contributed by atoms with Crippen molar-refractivity contribution >= 4 is 90.7 Å². The van der Waals surface area contributed by atoms with Crippen molar-refractivity contribution in [3.63, 3.8) is 0 Å². The van der Waals surface area contributed by atoms with Crippen LogP contribution in [-0.2, 0) is 40.7 Å². The molecule has 14 nitrogen and oxygen atoms in total. The molecule has 2 amide bonds. The van der Waals surface area contributed by atoms with Gasteiger partial charge in [-0.25, -0.2) is 4.79 Å². The molecule has 0 saturated carbocycles. The summed E-state index contributed by atoms with van der Waals surface area (Å²) in [5, 5.41) is 18.1. The van der Waals surface area contributed by atoms with Gasteiger partial charge < -0.3 is 14.7 Å². The average Bonchev–Trinajstić information content (AvgIpc) is 3.04. The Morgan fingerprint density at radius 1 is 1.17 bits per heavy atom. The van der Waals surface area contributed by atoms with Crippen LogP contribution >= 0.6 is 21.6 Å². The van der Waals surface area contributed by atoms with Crippen LogP contribution in [0.2, 0.25) is 0 Å². The molecule has 0 aromatic heterocycles. The first kappa shape index (κ1) is 31.3. The molecule has 0 bridgehead atoms. The van der Waals surface area contributed by atoms with E-state index in [4.69, 9.17) is 14.4 Å². The first-order valence-corrected chi connectivity index (χ1v) is 13.3. The number of carbonyl (C=O) groups is 4. The molecule has 0 aliphatic carbocycles. The monoisotopic (exact) mass is 562 g/mol. The average molecular weight is 563 g/mol. The van der Waals surface area contributed by atoms with Crippen molar-refractivity contribution in [3.05, 3.63) is 33.9 Å². The fraction of sp³-hybridized carbons (Fsp3) is 0.412. The quantitative estimate of drug-likeness (QED) is 0.0395. The molecule has 1 heterocycles. The number of hydrogen-bond acceptors (Lipinski definition) is 13. The van der Waals surface area contributed by atoms with Crippen LogP contribution in [0.3, 0.4) is 0 Å². The van der Waals surface area contributed by atoms with E-state index in [-0.39, 0.29) is 76.0 Å². The number of nitro benzene ring substituents is 1. The van der Waals surface area contributed by atoms with E-state index in [1.807, 2.05) is 0 Å². The molecule has 1 saturated heterocycles. The molecule has 1 aliphatic heterocycles. The van der Waals surface area contributed by atoms with Crippen molar-refractivity contribution in [3.8, 4) is 5.75 Å². The molecule has 0 radical (unpaired) electrons. The van der Waals surface area contributed by atoms with Crippen LogP contribution in [0.25, 0.3) is 0 Å². The van der Waals surface area contributed by atoms with Gasteiger partial charge in [-0.3, -0.25) is 29.1 Å². The molecule has 1 aromatic carbocycles. The van der Waals surface area contributed by atoms with Crippen LogP contribution in [0.4, 0.5) is 5.69 Å². The molecule has 1 unspecified atom stereocenters. The molecule has 1 aromatic rings. The van der Waals surface area contributed by atoms with E-state index in [1.54, 1.807) is 0 Å². The van der Waals surface area contributed by atoms with Gasteiger partial charge in [0.1, 0.15) is 5.75 Å². The number of hydrogen-bond donors (Lipinski definition) is 2. The number of esters is 1. The van der Waals surface area contributed by atoms with Crippen molar-refractivity contribution in [2.75, 3.05) is 11.5 Å². The van der Waals surface area contributed by atoms with Gasteiger partial charge in [0, 0.05) is 11.5 Å². The van der Waals surface area contributed by atoms with Crippen LogP contribution < -0.4 is 4.74 Å². The van der Waals surface area contributed by atoms with Gasteiger partial charge in [-0.15, -0.1) is 5.06 Å².